The monoisotopic (exact) mass is 667 g/mol. The van der Waals surface area contributed by atoms with Crippen LogP contribution in [0.15, 0.2) is 124 Å². The summed E-state index contributed by atoms with van der Waals surface area (Å²) >= 11 is 9.10. The first-order chi connectivity index (χ1) is 22.3. The average molecular weight is 668 g/mol. The molecule has 0 aliphatic heterocycles. The van der Waals surface area contributed by atoms with Crippen LogP contribution in [0.3, 0.4) is 0 Å². The molecule has 5 aromatic rings. The van der Waals surface area contributed by atoms with Crippen molar-refractivity contribution >= 4 is 69.9 Å². The molecule has 0 saturated heterocycles. The van der Waals surface area contributed by atoms with Crippen LogP contribution in [0.5, 0.6) is 5.75 Å². The number of aryl methyl sites for hydroxylation is 1. The van der Waals surface area contributed by atoms with Crippen molar-refractivity contribution in [3.63, 3.8) is 0 Å². The molecule has 1 atom stereocenters. The minimum atomic E-state index is -0.632. The Morgan fingerprint density at radius 3 is 2.33 bits per heavy atom. The Labute approximate surface area is 280 Å². The second-order valence-corrected chi connectivity index (χ2v) is 12.5. The summed E-state index contributed by atoms with van der Waals surface area (Å²) in [6, 6.07) is 30.7. The Kier molecular flexibility index (Phi) is 10.9. The summed E-state index contributed by atoms with van der Waals surface area (Å²) in [7, 11) is 1.52. The molecule has 1 aromatic heterocycles. The van der Waals surface area contributed by atoms with Gasteiger partial charge in [0.05, 0.1) is 12.8 Å². The summed E-state index contributed by atoms with van der Waals surface area (Å²) in [6.07, 6.45) is 1.63. The van der Waals surface area contributed by atoms with E-state index in [-0.39, 0.29) is 11.6 Å². The molecule has 232 valence electrons. The first-order valence-corrected chi connectivity index (χ1v) is 16.4. The molecule has 5 rings (SSSR count). The zero-order valence-corrected chi connectivity index (χ0v) is 27.3. The first kappa shape index (κ1) is 32.6. The van der Waals surface area contributed by atoms with Gasteiger partial charge in [0.2, 0.25) is 5.91 Å². The Hall–Kier alpha value is -4.83. The number of anilines is 2. The van der Waals surface area contributed by atoms with Crippen molar-refractivity contribution < 1.29 is 19.1 Å². The van der Waals surface area contributed by atoms with E-state index in [1.165, 1.54) is 30.2 Å². The molecule has 0 saturated carbocycles. The van der Waals surface area contributed by atoms with Gasteiger partial charge in [-0.2, -0.15) is 11.3 Å². The second kappa shape index (κ2) is 15.4. The number of rotatable bonds is 11. The van der Waals surface area contributed by atoms with Crippen LogP contribution in [-0.4, -0.2) is 24.8 Å². The summed E-state index contributed by atoms with van der Waals surface area (Å²) in [4.78, 5) is 41.0. The van der Waals surface area contributed by atoms with Gasteiger partial charge in [-0.3, -0.25) is 14.4 Å². The van der Waals surface area contributed by atoms with Gasteiger partial charge in [0, 0.05) is 27.2 Å². The predicted octanol–water partition coefficient (Wildman–Crippen LogP) is 8.60. The van der Waals surface area contributed by atoms with Crippen molar-refractivity contribution in [3.05, 3.63) is 147 Å². The number of thioether (sulfide) groups is 1. The largest absolute Gasteiger partial charge is 0.495 e. The molecule has 0 spiro atoms. The summed E-state index contributed by atoms with van der Waals surface area (Å²) < 4.78 is 5.46. The van der Waals surface area contributed by atoms with Gasteiger partial charge in [0.15, 0.2) is 0 Å². The molecule has 3 amide bonds. The molecule has 0 aliphatic rings. The highest BCUT2D eigenvalue weighted by atomic mass is 35.5. The average Bonchev–Trinajstić information content (AvgIpc) is 3.59. The molecule has 4 aromatic carbocycles. The van der Waals surface area contributed by atoms with Gasteiger partial charge in [-0.05, 0) is 82.9 Å². The highest BCUT2D eigenvalue weighted by Gasteiger charge is 2.24. The van der Waals surface area contributed by atoms with Gasteiger partial charge in [-0.1, -0.05) is 66.2 Å². The van der Waals surface area contributed by atoms with E-state index < -0.39 is 17.1 Å². The maximum atomic E-state index is 13.8. The number of carbonyl (C=O) groups excluding carboxylic acids is 3. The van der Waals surface area contributed by atoms with E-state index in [1.54, 1.807) is 60.7 Å². The molecule has 0 fully saturated rings. The molecule has 46 heavy (non-hydrogen) atoms. The van der Waals surface area contributed by atoms with Gasteiger partial charge < -0.3 is 20.7 Å². The molecule has 1 heterocycles. The van der Waals surface area contributed by atoms with E-state index in [9.17, 15) is 14.4 Å². The number of methoxy groups -OCH3 is 1. The van der Waals surface area contributed by atoms with Crippen LogP contribution in [0, 0.1) is 6.92 Å². The highest BCUT2D eigenvalue weighted by molar-refractivity contribution is 8.00. The molecule has 3 N–H and O–H groups in total. The van der Waals surface area contributed by atoms with E-state index in [1.807, 2.05) is 66.2 Å². The third-order valence-electron chi connectivity index (χ3n) is 6.81. The van der Waals surface area contributed by atoms with Gasteiger partial charge in [-0.25, -0.2) is 0 Å². The SMILES string of the molecule is COc1cc(Cl)c(C)cc1NC(=O)C(Sc1cccc(NC(=O)/C(=C/c2ccsc2)NC(=O)c2ccccc2)c1)c1ccccc1. The van der Waals surface area contributed by atoms with Crippen molar-refractivity contribution in [3.8, 4) is 5.75 Å². The Morgan fingerprint density at radius 1 is 0.891 bits per heavy atom. The van der Waals surface area contributed by atoms with Crippen LogP contribution in [0.4, 0.5) is 11.4 Å². The van der Waals surface area contributed by atoms with E-state index >= 15 is 0 Å². The minimum absolute atomic E-state index is 0.0963. The fraction of sp³-hybridized carbons (Fsp3) is 0.0833. The predicted molar refractivity (Wildman–Crippen MR) is 188 cm³/mol. The third kappa shape index (κ3) is 8.45. The summed E-state index contributed by atoms with van der Waals surface area (Å²) in [5, 5.41) is 12.3. The number of hydrogen-bond acceptors (Lipinski definition) is 6. The second-order valence-electron chi connectivity index (χ2n) is 10.1. The van der Waals surface area contributed by atoms with Gasteiger partial charge in [-0.15, -0.1) is 11.8 Å². The van der Waals surface area contributed by atoms with Crippen molar-refractivity contribution in [2.24, 2.45) is 0 Å². The molecule has 10 heteroatoms. The maximum absolute atomic E-state index is 13.8. The van der Waals surface area contributed by atoms with Gasteiger partial charge >= 0.3 is 0 Å². The Balaban J connectivity index is 1.37. The zero-order chi connectivity index (χ0) is 32.5. The quantitative estimate of drug-likeness (QED) is 0.0968. The van der Waals surface area contributed by atoms with Crippen molar-refractivity contribution in [2.75, 3.05) is 17.7 Å². The van der Waals surface area contributed by atoms with Crippen LogP contribution in [0.2, 0.25) is 5.02 Å². The lowest BCUT2D eigenvalue weighted by Crippen LogP contribution is -2.30. The standard InChI is InChI=1S/C36H30ClN3O4S2/c1-23-18-30(32(44-2)21-29(23)37)39-36(43)33(25-10-5-3-6-11-25)46-28-15-9-14-27(20-28)38-35(42)31(19-24-16-17-45-22-24)40-34(41)26-12-7-4-8-13-26/h3-22,33H,1-2H3,(H,38,42)(H,39,43)(H,40,41)/b31-19-. The molecule has 7 nitrogen and oxygen atoms in total. The Bertz CT molecular complexity index is 1860. The lowest BCUT2D eigenvalue weighted by molar-refractivity contribution is -0.116. The maximum Gasteiger partial charge on any atom is 0.272 e. The van der Waals surface area contributed by atoms with Crippen LogP contribution in [-0.2, 0) is 9.59 Å². The number of hydrogen-bond donors (Lipinski definition) is 3. The Morgan fingerprint density at radius 2 is 1.63 bits per heavy atom. The fourth-order valence-corrected chi connectivity index (χ4v) is 6.33. The number of halogens is 1. The lowest BCUT2D eigenvalue weighted by atomic mass is 10.1. The number of amides is 3. The summed E-state index contributed by atoms with van der Waals surface area (Å²) in [5.74, 6) is -0.683. The van der Waals surface area contributed by atoms with Crippen LogP contribution < -0.4 is 20.7 Å². The normalized spacial score (nSPS) is 11.8. The molecular formula is C36H30ClN3O4S2. The van der Waals surface area contributed by atoms with Crippen LogP contribution >= 0.6 is 34.7 Å². The first-order valence-electron chi connectivity index (χ1n) is 14.2. The van der Waals surface area contributed by atoms with E-state index in [2.05, 4.69) is 16.0 Å². The molecule has 0 bridgehead atoms. The highest BCUT2D eigenvalue weighted by Crippen LogP contribution is 2.39. The molecule has 1 unspecified atom stereocenters. The molecular weight excluding hydrogens is 638 g/mol. The van der Waals surface area contributed by atoms with E-state index in [0.29, 0.717) is 27.7 Å². The number of thiophene rings is 1. The lowest BCUT2D eigenvalue weighted by Gasteiger charge is -2.19. The van der Waals surface area contributed by atoms with Crippen LogP contribution in [0.1, 0.15) is 32.3 Å². The topological polar surface area (TPSA) is 96.5 Å². The van der Waals surface area contributed by atoms with E-state index in [0.717, 1.165) is 21.6 Å². The van der Waals surface area contributed by atoms with Crippen molar-refractivity contribution in [2.45, 2.75) is 17.1 Å². The summed E-state index contributed by atoms with van der Waals surface area (Å²) in [5.41, 5.74) is 3.94. The number of benzene rings is 4. The minimum Gasteiger partial charge on any atom is -0.495 e. The van der Waals surface area contributed by atoms with Crippen molar-refractivity contribution in [1.82, 2.24) is 5.32 Å². The number of nitrogens with one attached hydrogen (secondary N) is 3. The molecule has 0 aliphatic carbocycles. The van der Waals surface area contributed by atoms with Crippen molar-refractivity contribution in [1.29, 1.82) is 0 Å². The van der Waals surface area contributed by atoms with Gasteiger partial charge in [0.1, 0.15) is 16.7 Å². The number of carbonyl (C=O) groups is 3. The summed E-state index contributed by atoms with van der Waals surface area (Å²) in [6.45, 7) is 1.86. The van der Waals surface area contributed by atoms with Crippen LogP contribution in [0.25, 0.3) is 6.08 Å². The molecule has 0 radical (unpaired) electrons. The zero-order valence-electron chi connectivity index (χ0n) is 25.0. The fourth-order valence-electron chi connectivity index (χ4n) is 4.48. The van der Waals surface area contributed by atoms with Gasteiger partial charge in [0.25, 0.3) is 11.8 Å². The smallest absolute Gasteiger partial charge is 0.272 e. The number of ether oxygens (including phenoxy) is 1. The van der Waals surface area contributed by atoms with E-state index in [4.69, 9.17) is 16.3 Å². The third-order valence-corrected chi connectivity index (χ3v) is 9.16.